The topological polar surface area (TPSA) is 48.1 Å². The minimum atomic E-state index is 0.110. The van der Waals surface area contributed by atoms with E-state index in [0.717, 1.165) is 28.4 Å². The molecular formula is C15H20N2OS. The number of thiazole rings is 1. The minimum absolute atomic E-state index is 0.110. The number of ether oxygens (including phenoxy) is 1. The van der Waals surface area contributed by atoms with E-state index in [-0.39, 0.29) is 6.04 Å². The highest BCUT2D eigenvalue weighted by molar-refractivity contribution is 7.11. The number of nitrogens with two attached hydrogens (primary N) is 1. The predicted molar refractivity (Wildman–Crippen MR) is 79.6 cm³/mol. The third-order valence-electron chi connectivity index (χ3n) is 3.18. The van der Waals surface area contributed by atoms with Crippen molar-refractivity contribution in [3.8, 4) is 5.75 Å². The molecule has 19 heavy (non-hydrogen) atoms. The normalized spacial score (nSPS) is 12.4. The summed E-state index contributed by atoms with van der Waals surface area (Å²) in [4.78, 5) is 5.71. The molecule has 0 amide bonds. The molecule has 0 aliphatic carbocycles. The number of nitrogens with zero attached hydrogens (tertiary/aromatic N) is 1. The lowest BCUT2D eigenvalue weighted by molar-refractivity contribution is 0.305. The van der Waals surface area contributed by atoms with Crippen LogP contribution < -0.4 is 10.5 Å². The van der Waals surface area contributed by atoms with Crippen LogP contribution in [0.2, 0.25) is 0 Å². The Morgan fingerprint density at radius 1 is 1.26 bits per heavy atom. The number of rotatable bonds is 5. The first kappa shape index (κ1) is 14.0. The summed E-state index contributed by atoms with van der Waals surface area (Å²) in [6.07, 6.45) is 0.942. The minimum Gasteiger partial charge on any atom is -0.486 e. The van der Waals surface area contributed by atoms with Gasteiger partial charge in [-0.2, -0.15) is 0 Å². The Balaban J connectivity index is 1.96. The zero-order valence-electron chi connectivity index (χ0n) is 11.6. The Hall–Kier alpha value is -1.39. The van der Waals surface area contributed by atoms with Gasteiger partial charge in [0.05, 0.1) is 5.69 Å². The van der Waals surface area contributed by atoms with Gasteiger partial charge in [0.25, 0.3) is 0 Å². The second-order valence-corrected chi connectivity index (χ2v) is 5.91. The van der Waals surface area contributed by atoms with Crippen LogP contribution in [-0.2, 0) is 6.61 Å². The lowest BCUT2D eigenvalue weighted by Gasteiger charge is -2.10. The Morgan fingerprint density at radius 2 is 1.95 bits per heavy atom. The van der Waals surface area contributed by atoms with Gasteiger partial charge in [-0.3, -0.25) is 0 Å². The van der Waals surface area contributed by atoms with Crippen molar-refractivity contribution in [3.63, 3.8) is 0 Å². The smallest absolute Gasteiger partial charge is 0.140 e. The van der Waals surface area contributed by atoms with Crippen molar-refractivity contribution in [2.75, 3.05) is 0 Å². The molecule has 1 aromatic carbocycles. The fourth-order valence-electron chi connectivity index (χ4n) is 1.79. The molecule has 1 atom stereocenters. The molecule has 0 aliphatic rings. The first-order valence-corrected chi connectivity index (χ1v) is 7.33. The van der Waals surface area contributed by atoms with Crippen LogP contribution in [-0.4, -0.2) is 4.98 Å². The molecular weight excluding hydrogens is 256 g/mol. The Labute approximate surface area is 118 Å². The van der Waals surface area contributed by atoms with E-state index < -0.39 is 0 Å². The van der Waals surface area contributed by atoms with E-state index in [1.165, 1.54) is 4.88 Å². The number of hydrogen-bond donors (Lipinski definition) is 1. The molecule has 2 N–H and O–H groups in total. The maximum Gasteiger partial charge on any atom is 0.140 e. The molecule has 0 spiro atoms. The monoisotopic (exact) mass is 276 g/mol. The summed E-state index contributed by atoms with van der Waals surface area (Å²) < 4.78 is 5.74. The van der Waals surface area contributed by atoms with Crippen LogP contribution in [0.4, 0.5) is 0 Å². The van der Waals surface area contributed by atoms with Gasteiger partial charge >= 0.3 is 0 Å². The molecule has 0 bridgehead atoms. The molecule has 0 unspecified atom stereocenters. The van der Waals surface area contributed by atoms with Crippen molar-refractivity contribution in [3.05, 3.63) is 45.4 Å². The summed E-state index contributed by atoms with van der Waals surface area (Å²) in [5, 5.41) is 1.02. The van der Waals surface area contributed by atoms with Gasteiger partial charge < -0.3 is 10.5 Å². The molecule has 2 aromatic rings. The van der Waals surface area contributed by atoms with Crippen molar-refractivity contribution in [2.45, 2.75) is 39.8 Å². The number of aryl methyl sites for hydroxylation is 2. The van der Waals surface area contributed by atoms with Crippen LogP contribution in [0.3, 0.4) is 0 Å². The summed E-state index contributed by atoms with van der Waals surface area (Å²) in [7, 11) is 0. The Kier molecular flexibility index (Phi) is 4.56. The zero-order valence-corrected chi connectivity index (χ0v) is 12.5. The first-order valence-electron chi connectivity index (χ1n) is 6.51. The zero-order chi connectivity index (χ0) is 13.8. The standard InChI is InChI=1S/C15H20N2OS/c1-4-14(16)12-5-7-13(8-6-12)18-9-15-17-10(2)11(3)19-15/h5-8,14H,4,9,16H2,1-3H3/t14-/m1/s1. The molecule has 0 fully saturated rings. The van der Waals surface area contributed by atoms with Gasteiger partial charge in [-0.1, -0.05) is 19.1 Å². The van der Waals surface area contributed by atoms with E-state index in [4.69, 9.17) is 10.5 Å². The van der Waals surface area contributed by atoms with Crippen LogP contribution in [0.5, 0.6) is 5.75 Å². The molecule has 0 saturated carbocycles. The molecule has 1 aromatic heterocycles. The highest BCUT2D eigenvalue weighted by Crippen LogP contribution is 2.21. The molecule has 4 heteroatoms. The third kappa shape index (κ3) is 3.55. The van der Waals surface area contributed by atoms with Crippen molar-refractivity contribution in [1.29, 1.82) is 0 Å². The summed E-state index contributed by atoms with van der Waals surface area (Å²) in [5.41, 5.74) is 8.22. The molecule has 0 radical (unpaired) electrons. The van der Waals surface area contributed by atoms with Crippen LogP contribution in [0.25, 0.3) is 0 Å². The second kappa shape index (κ2) is 6.17. The lowest BCUT2D eigenvalue weighted by Crippen LogP contribution is -2.08. The molecule has 0 saturated heterocycles. The highest BCUT2D eigenvalue weighted by Gasteiger charge is 2.06. The summed E-state index contributed by atoms with van der Waals surface area (Å²) in [6, 6.07) is 8.11. The first-order chi connectivity index (χ1) is 9.10. The second-order valence-electron chi connectivity index (χ2n) is 4.62. The van der Waals surface area contributed by atoms with Crippen LogP contribution >= 0.6 is 11.3 Å². The Morgan fingerprint density at radius 3 is 2.47 bits per heavy atom. The van der Waals surface area contributed by atoms with Gasteiger partial charge in [-0.05, 0) is 38.0 Å². The fourth-order valence-corrected chi connectivity index (χ4v) is 2.64. The van der Waals surface area contributed by atoms with Gasteiger partial charge in [0.15, 0.2) is 0 Å². The number of hydrogen-bond acceptors (Lipinski definition) is 4. The molecule has 1 heterocycles. The summed E-state index contributed by atoms with van der Waals surface area (Å²) >= 11 is 1.69. The largest absolute Gasteiger partial charge is 0.486 e. The summed E-state index contributed by atoms with van der Waals surface area (Å²) in [5.74, 6) is 0.859. The van der Waals surface area contributed by atoms with E-state index in [9.17, 15) is 0 Å². The lowest BCUT2D eigenvalue weighted by atomic mass is 10.1. The molecule has 0 aliphatic heterocycles. The van der Waals surface area contributed by atoms with Gasteiger partial charge in [0.2, 0.25) is 0 Å². The molecule has 3 nitrogen and oxygen atoms in total. The van der Waals surface area contributed by atoms with Crippen LogP contribution in [0.1, 0.15) is 40.5 Å². The Bertz CT molecular complexity index is 514. The molecule has 2 rings (SSSR count). The fraction of sp³-hybridized carbons (Fsp3) is 0.400. The maximum atomic E-state index is 5.98. The van der Waals surface area contributed by atoms with Crippen molar-refractivity contribution in [1.82, 2.24) is 4.98 Å². The van der Waals surface area contributed by atoms with E-state index >= 15 is 0 Å². The van der Waals surface area contributed by atoms with Crippen LogP contribution in [0, 0.1) is 13.8 Å². The predicted octanol–water partition coefficient (Wildman–Crippen LogP) is 3.75. The van der Waals surface area contributed by atoms with E-state index in [1.54, 1.807) is 11.3 Å². The SMILES string of the molecule is CC[C@@H](N)c1ccc(OCc2nc(C)c(C)s2)cc1. The molecule has 102 valence electrons. The van der Waals surface area contributed by atoms with E-state index in [2.05, 4.69) is 18.8 Å². The van der Waals surface area contributed by atoms with E-state index in [1.807, 2.05) is 31.2 Å². The van der Waals surface area contributed by atoms with Gasteiger partial charge in [0.1, 0.15) is 17.4 Å². The quantitative estimate of drug-likeness (QED) is 0.904. The number of aromatic nitrogens is 1. The van der Waals surface area contributed by atoms with Gasteiger partial charge in [-0.15, -0.1) is 11.3 Å². The summed E-state index contributed by atoms with van der Waals surface area (Å²) in [6.45, 7) is 6.72. The van der Waals surface area contributed by atoms with Crippen molar-refractivity contribution in [2.24, 2.45) is 5.73 Å². The van der Waals surface area contributed by atoms with Crippen molar-refractivity contribution < 1.29 is 4.74 Å². The maximum absolute atomic E-state index is 5.98. The van der Waals surface area contributed by atoms with E-state index in [0.29, 0.717) is 6.61 Å². The van der Waals surface area contributed by atoms with Crippen LogP contribution in [0.15, 0.2) is 24.3 Å². The third-order valence-corrected chi connectivity index (χ3v) is 4.23. The average molecular weight is 276 g/mol. The highest BCUT2D eigenvalue weighted by atomic mass is 32.1. The number of benzene rings is 1. The van der Waals surface area contributed by atoms with Gasteiger partial charge in [0, 0.05) is 10.9 Å². The van der Waals surface area contributed by atoms with Gasteiger partial charge in [-0.25, -0.2) is 4.98 Å². The average Bonchev–Trinajstić information content (AvgIpc) is 2.75. The van der Waals surface area contributed by atoms with Crippen molar-refractivity contribution >= 4 is 11.3 Å².